The van der Waals surface area contributed by atoms with E-state index in [0.717, 1.165) is 44.6 Å². The van der Waals surface area contributed by atoms with Gasteiger partial charge < -0.3 is 9.64 Å². The van der Waals surface area contributed by atoms with Crippen molar-refractivity contribution in [1.29, 1.82) is 0 Å². The van der Waals surface area contributed by atoms with E-state index in [0.29, 0.717) is 18.2 Å². The summed E-state index contributed by atoms with van der Waals surface area (Å²) in [5, 5.41) is 0. The number of piperazine rings is 1. The molecule has 4 nitrogen and oxygen atoms in total. The van der Waals surface area contributed by atoms with E-state index in [1.54, 1.807) is 12.1 Å². The maximum atomic E-state index is 10.7. The van der Waals surface area contributed by atoms with Crippen molar-refractivity contribution in [2.24, 2.45) is 0 Å². The van der Waals surface area contributed by atoms with E-state index in [4.69, 9.17) is 4.74 Å². The Morgan fingerprint density at radius 3 is 2.75 bits per heavy atom. The van der Waals surface area contributed by atoms with Crippen LogP contribution in [-0.4, -0.2) is 62.0 Å². The number of rotatable bonds is 6. The zero-order chi connectivity index (χ0) is 14.4. The molecule has 1 atom stereocenters. The molecule has 20 heavy (non-hydrogen) atoms. The number of nitrogens with zero attached hydrogens (tertiary/aromatic N) is 2. The fourth-order valence-electron chi connectivity index (χ4n) is 2.47. The zero-order valence-electron chi connectivity index (χ0n) is 12.4. The molecule has 1 saturated heterocycles. The first kappa shape index (κ1) is 15.0. The summed E-state index contributed by atoms with van der Waals surface area (Å²) in [6.45, 7) is 7.52. The van der Waals surface area contributed by atoms with Gasteiger partial charge in [-0.2, -0.15) is 0 Å². The molecule has 0 amide bonds. The average Bonchev–Trinajstić information content (AvgIpc) is 2.48. The zero-order valence-corrected chi connectivity index (χ0v) is 12.4. The molecule has 4 heteroatoms. The quantitative estimate of drug-likeness (QED) is 0.743. The largest absolute Gasteiger partial charge is 0.494 e. The molecule has 110 valence electrons. The Labute approximate surface area is 121 Å². The topological polar surface area (TPSA) is 32.8 Å². The van der Waals surface area contributed by atoms with Crippen LogP contribution in [0.15, 0.2) is 24.3 Å². The molecule has 0 aliphatic carbocycles. The smallest absolute Gasteiger partial charge is 0.150 e. The molecule has 0 radical (unpaired) electrons. The summed E-state index contributed by atoms with van der Waals surface area (Å²) in [5.41, 5.74) is 0.662. The Bertz CT molecular complexity index is 428. The monoisotopic (exact) mass is 276 g/mol. The summed E-state index contributed by atoms with van der Waals surface area (Å²) in [4.78, 5) is 15.6. The second kappa shape index (κ2) is 7.41. The van der Waals surface area contributed by atoms with Crippen LogP contribution < -0.4 is 4.74 Å². The predicted octanol–water partition coefficient (Wildman–Crippen LogP) is 1.90. The van der Waals surface area contributed by atoms with E-state index < -0.39 is 0 Å². The van der Waals surface area contributed by atoms with Crippen molar-refractivity contribution in [3.8, 4) is 5.75 Å². The summed E-state index contributed by atoms with van der Waals surface area (Å²) in [7, 11) is 2.17. The normalized spacial score (nSPS) is 18.7. The molecule has 0 saturated carbocycles. The minimum Gasteiger partial charge on any atom is -0.494 e. The Balaban J connectivity index is 1.73. The lowest BCUT2D eigenvalue weighted by atomic mass is 10.2. The number of aldehydes is 1. The van der Waals surface area contributed by atoms with Gasteiger partial charge in [0.05, 0.1) is 6.61 Å². The Kier molecular flexibility index (Phi) is 5.56. The number of carbonyl (C=O) groups excluding carboxylic acids is 1. The van der Waals surface area contributed by atoms with E-state index in [-0.39, 0.29) is 0 Å². The maximum absolute atomic E-state index is 10.7. The maximum Gasteiger partial charge on any atom is 0.150 e. The third kappa shape index (κ3) is 4.32. The lowest BCUT2D eigenvalue weighted by Gasteiger charge is -2.36. The Morgan fingerprint density at radius 1 is 1.30 bits per heavy atom. The van der Waals surface area contributed by atoms with Gasteiger partial charge in [-0.05, 0) is 32.5 Å². The van der Waals surface area contributed by atoms with Crippen molar-refractivity contribution in [3.05, 3.63) is 29.8 Å². The molecule has 1 aliphatic heterocycles. The minimum absolute atomic E-state index is 0.540. The highest BCUT2D eigenvalue weighted by Crippen LogP contribution is 2.14. The van der Waals surface area contributed by atoms with Gasteiger partial charge >= 0.3 is 0 Å². The minimum atomic E-state index is 0.540. The summed E-state index contributed by atoms with van der Waals surface area (Å²) in [5.74, 6) is 0.778. The molecule has 1 aromatic rings. The highest BCUT2D eigenvalue weighted by atomic mass is 16.5. The first-order chi connectivity index (χ1) is 9.69. The van der Waals surface area contributed by atoms with Crippen LogP contribution in [-0.2, 0) is 0 Å². The molecule has 1 heterocycles. The number of likely N-dealkylation sites (N-methyl/N-ethyl adjacent to an activating group) is 1. The lowest BCUT2D eigenvalue weighted by molar-refractivity contribution is 0.106. The van der Waals surface area contributed by atoms with Gasteiger partial charge in [0, 0.05) is 37.8 Å². The van der Waals surface area contributed by atoms with E-state index in [1.165, 1.54) is 0 Å². The van der Waals surface area contributed by atoms with Gasteiger partial charge in [-0.15, -0.1) is 0 Å². The van der Waals surface area contributed by atoms with Gasteiger partial charge in [-0.3, -0.25) is 9.69 Å². The van der Waals surface area contributed by atoms with Crippen LogP contribution in [0, 0.1) is 0 Å². The Hall–Kier alpha value is -1.39. The van der Waals surface area contributed by atoms with Crippen LogP contribution in [0.25, 0.3) is 0 Å². The van der Waals surface area contributed by atoms with Gasteiger partial charge in [0.1, 0.15) is 12.0 Å². The molecule has 0 spiro atoms. The Morgan fingerprint density at radius 2 is 2.05 bits per heavy atom. The molecular weight excluding hydrogens is 252 g/mol. The molecule has 1 fully saturated rings. The third-order valence-corrected chi connectivity index (χ3v) is 3.96. The van der Waals surface area contributed by atoms with Crippen molar-refractivity contribution in [2.45, 2.75) is 19.4 Å². The standard InChI is InChI=1S/C16H24N2O2/c1-14(18-9-7-17(2)8-10-18)6-11-20-16-5-3-4-15(12-16)13-19/h3-5,12-14H,6-11H2,1-2H3. The van der Waals surface area contributed by atoms with Crippen molar-refractivity contribution >= 4 is 6.29 Å². The van der Waals surface area contributed by atoms with Crippen molar-refractivity contribution in [3.63, 3.8) is 0 Å². The molecule has 2 rings (SSSR count). The summed E-state index contributed by atoms with van der Waals surface area (Å²) >= 11 is 0. The van der Waals surface area contributed by atoms with Gasteiger partial charge in [0.15, 0.2) is 0 Å². The molecule has 0 N–H and O–H groups in total. The highest BCUT2D eigenvalue weighted by molar-refractivity contribution is 5.75. The summed E-state index contributed by atoms with van der Waals surface area (Å²) in [6, 6.07) is 7.86. The molecule has 1 unspecified atom stereocenters. The van der Waals surface area contributed by atoms with Gasteiger partial charge in [-0.1, -0.05) is 12.1 Å². The van der Waals surface area contributed by atoms with Gasteiger partial charge in [0.2, 0.25) is 0 Å². The van der Waals surface area contributed by atoms with Crippen LogP contribution in [0.1, 0.15) is 23.7 Å². The second-order valence-electron chi connectivity index (χ2n) is 5.52. The third-order valence-electron chi connectivity index (χ3n) is 3.96. The van der Waals surface area contributed by atoms with Gasteiger partial charge in [-0.25, -0.2) is 0 Å². The van der Waals surface area contributed by atoms with E-state index in [2.05, 4.69) is 23.8 Å². The first-order valence-corrected chi connectivity index (χ1v) is 7.29. The van der Waals surface area contributed by atoms with Crippen LogP contribution in [0.2, 0.25) is 0 Å². The van der Waals surface area contributed by atoms with Crippen molar-refractivity contribution in [2.75, 3.05) is 39.8 Å². The SMILES string of the molecule is CC(CCOc1cccc(C=O)c1)N1CCN(C)CC1. The fourth-order valence-corrected chi connectivity index (χ4v) is 2.47. The predicted molar refractivity (Wildman–Crippen MR) is 80.5 cm³/mol. The molecule has 0 aromatic heterocycles. The average molecular weight is 276 g/mol. The van der Waals surface area contributed by atoms with Crippen LogP contribution in [0.5, 0.6) is 5.75 Å². The van der Waals surface area contributed by atoms with Crippen molar-refractivity contribution in [1.82, 2.24) is 9.80 Å². The fraction of sp³-hybridized carbons (Fsp3) is 0.562. The number of carbonyl (C=O) groups is 1. The molecule has 1 aromatic carbocycles. The van der Waals surface area contributed by atoms with E-state index in [9.17, 15) is 4.79 Å². The van der Waals surface area contributed by atoms with Crippen LogP contribution >= 0.6 is 0 Å². The number of benzene rings is 1. The number of ether oxygens (including phenoxy) is 1. The number of hydrogen-bond donors (Lipinski definition) is 0. The van der Waals surface area contributed by atoms with Crippen LogP contribution in [0.4, 0.5) is 0 Å². The lowest BCUT2D eigenvalue weighted by Crippen LogP contribution is -2.48. The molecule has 1 aliphatic rings. The summed E-state index contributed by atoms with van der Waals surface area (Å²) in [6.07, 6.45) is 1.86. The van der Waals surface area contributed by atoms with Crippen LogP contribution in [0.3, 0.4) is 0 Å². The highest BCUT2D eigenvalue weighted by Gasteiger charge is 2.18. The molecular formula is C16H24N2O2. The first-order valence-electron chi connectivity index (χ1n) is 7.29. The molecule has 0 bridgehead atoms. The van der Waals surface area contributed by atoms with E-state index >= 15 is 0 Å². The van der Waals surface area contributed by atoms with Crippen molar-refractivity contribution < 1.29 is 9.53 Å². The van der Waals surface area contributed by atoms with Gasteiger partial charge in [0.25, 0.3) is 0 Å². The number of hydrogen-bond acceptors (Lipinski definition) is 4. The second-order valence-corrected chi connectivity index (χ2v) is 5.52. The summed E-state index contributed by atoms with van der Waals surface area (Å²) < 4.78 is 5.74. The van der Waals surface area contributed by atoms with E-state index in [1.807, 2.05) is 12.1 Å².